The number of fused-ring (bicyclic) bond motifs is 1. The molecule has 0 bridgehead atoms. The molecule has 11 heteroatoms. The number of nitrogen functional groups attached to an aromatic ring is 1. The number of aromatic nitrogens is 4. The van der Waals surface area contributed by atoms with Gasteiger partial charge in [0.1, 0.15) is 29.5 Å². The van der Waals surface area contributed by atoms with E-state index in [0.717, 1.165) is 0 Å². The highest BCUT2D eigenvalue weighted by molar-refractivity contribution is 7.71. The number of hydrogen-bond donors (Lipinski definition) is 5. The third kappa shape index (κ3) is 2.39. The van der Waals surface area contributed by atoms with E-state index in [-0.39, 0.29) is 16.1 Å². The number of rotatable bonds is 2. The second-order valence-corrected chi connectivity index (χ2v) is 4.89. The summed E-state index contributed by atoms with van der Waals surface area (Å²) in [6.07, 6.45) is -2.77. The smallest absolute Gasteiger partial charge is 0.200 e. The van der Waals surface area contributed by atoms with Crippen LogP contribution in [0.5, 0.6) is 0 Å². The van der Waals surface area contributed by atoms with Crippen LogP contribution in [0.1, 0.15) is 6.23 Å². The number of nitrogens with zero attached hydrogens (tertiary/aromatic N) is 3. The molecule has 2 aromatic rings. The number of anilines is 1. The van der Waals surface area contributed by atoms with Gasteiger partial charge in [0.25, 0.3) is 0 Å². The Labute approximate surface area is 123 Å². The van der Waals surface area contributed by atoms with Gasteiger partial charge in [0.05, 0.1) is 12.9 Å². The third-order valence-corrected chi connectivity index (χ3v) is 3.54. The van der Waals surface area contributed by atoms with Crippen molar-refractivity contribution in [3.05, 3.63) is 11.0 Å². The molecule has 10 nitrogen and oxygen atoms in total. The number of ether oxygens (including phenoxy) is 1. The zero-order valence-electron chi connectivity index (χ0n) is 10.7. The van der Waals surface area contributed by atoms with Gasteiger partial charge in [-0.15, -0.1) is 0 Å². The fraction of sp³-hybridized carbons (Fsp3) is 0.500. The monoisotopic (exact) mass is 317 g/mol. The van der Waals surface area contributed by atoms with Gasteiger partial charge >= 0.3 is 0 Å². The molecule has 3 rings (SSSR count). The van der Waals surface area contributed by atoms with Crippen LogP contribution in [0.3, 0.4) is 0 Å². The summed E-state index contributed by atoms with van der Waals surface area (Å²) in [5, 5.41) is 28.9. The second kappa shape index (κ2) is 5.63. The van der Waals surface area contributed by atoms with Crippen LogP contribution in [-0.4, -0.2) is 65.2 Å². The van der Waals surface area contributed by atoms with Crippen LogP contribution in [0.4, 0.5) is 5.95 Å². The lowest BCUT2D eigenvalue weighted by molar-refractivity contribution is -0.0511. The number of nitrogens with two attached hydrogens (primary N) is 1. The molecular formula is C10H15N5O5S. The molecule has 4 atom stereocenters. The van der Waals surface area contributed by atoms with Gasteiger partial charge in [-0.25, -0.2) is 9.97 Å². The summed E-state index contributed by atoms with van der Waals surface area (Å²) in [4.78, 5) is 10.8. The Balaban J connectivity index is 0.00000161. The number of nitrogens with one attached hydrogen (secondary N) is 1. The number of aliphatic hydroxyl groups is 3. The first-order chi connectivity index (χ1) is 9.52. The van der Waals surface area contributed by atoms with E-state index in [1.54, 1.807) is 0 Å². The highest BCUT2D eigenvalue weighted by Crippen LogP contribution is 2.31. The van der Waals surface area contributed by atoms with Crippen molar-refractivity contribution < 1.29 is 25.5 Å². The Kier molecular flexibility index (Phi) is 4.22. The first kappa shape index (κ1) is 15.8. The normalized spacial score (nSPS) is 28.7. The molecule has 0 aliphatic carbocycles. The minimum absolute atomic E-state index is 0. The molecule has 3 heterocycles. The van der Waals surface area contributed by atoms with Crippen molar-refractivity contribution in [3.8, 4) is 0 Å². The van der Waals surface area contributed by atoms with E-state index in [2.05, 4.69) is 15.0 Å². The van der Waals surface area contributed by atoms with Crippen molar-refractivity contribution in [1.82, 2.24) is 19.5 Å². The lowest BCUT2D eigenvalue weighted by Crippen LogP contribution is -2.33. The maximum absolute atomic E-state index is 10.0. The number of aromatic amines is 1. The SMILES string of the molecule is Nc1nc(=S)c2ncn([C@@H]3O[C@H](CO)[C@@H](O)[C@@H]3O)c2[nH]1.O. The molecule has 116 valence electrons. The minimum Gasteiger partial charge on any atom is -0.412 e. The molecule has 1 saturated heterocycles. The van der Waals surface area contributed by atoms with Gasteiger partial charge in [-0.2, -0.15) is 0 Å². The number of H-pyrrole nitrogens is 1. The zero-order valence-corrected chi connectivity index (χ0v) is 11.5. The summed E-state index contributed by atoms with van der Waals surface area (Å²) in [5.74, 6) is 0.107. The lowest BCUT2D eigenvalue weighted by atomic mass is 10.1. The van der Waals surface area contributed by atoms with E-state index < -0.39 is 31.1 Å². The van der Waals surface area contributed by atoms with Gasteiger partial charge in [0.15, 0.2) is 16.8 Å². The van der Waals surface area contributed by atoms with Crippen molar-refractivity contribution in [2.45, 2.75) is 24.5 Å². The van der Waals surface area contributed by atoms with E-state index >= 15 is 0 Å². The largest absolute Gasteiger partial charge is 0.412 e. The summed E-state index contributed by atoms with van der Waals surface area (Å²) in [6, 6.07) is 0. The standard InChI is InChI=1S/C10H13N5O4S.H2O/c11-10-13-7-4(8(20)14-10)12-2-15(7)9-6(18)5(17)3(1-16)19-9;/h2-3,5-6,9,16-18H,1H2,(H3,11,13,14,20);1H2/t3-,5-,6+,9-;/m1./s1. The molecule has 0 saturated carbocycles. The zero-order chi connectivity index (χ0) is 14.4. The average molecular weight is 317 g/mol. The van der Waals surface area contributed by atoms with E-state index in [4.69, 9.17) is 27.8 Å². The molecule has 0 unspecified atom stereocenters. The van der Waals surface area contributed by atoms with Crippen molar-refractivity contribution >= 4 is 29.3 Å². The van der Waals surface area contributed by atoms with Crippen molar-refractivity contribution in [3.63, 3.8) is 0 Å². The van der Waals surface area contributed by atoms with Crippen molar-refractivity contribution in [2.75, 3.05) is 12.3 Å². The van der Waals surface area contributed by atoms with Crippen LogP contribution in [0, 0.1) is 4.64 Å². The van der Waals surface area contributed by atoms with Crippen LogP contribution in [0.2, 0.25) is 0 Å². The maximum Gasteiger partial charge on any atom is 0.200 e. The first-order valence-electron chi connectivity index (χ1n) is 5.87. The molecule has 0 radical (unpaired) electrons. The highest BCUT2D eigenvalue weighted by Gasteiger charge is 2.43. The van der Waals surface area contributed by atoms with Gasteiger partial charge in [-0.1, -0.05) is 12.2 Å². The molecule has 21 heavy (non-hydrogen) atoms. The highest BCUT2D eigenvalue weighted by atomic mass is 32.1. The Morgan fingerprint density at radius 2 is 2.14 bits per heavy atom. The molecule has 0 aromatic carbocycles. The molecular weight excluding hydrogens is 302 g/mol. The molecule has 1 aliphatic heterocycles. The molecule has 2 aromatic heterocycles. The Morgan fingerprint density at radius 3 is 2.76 bits per heavy atom. The maximum atomic E-state index is 10.0. The number of hydrogen-bond acceptors (Lipinski definition) is 8. The van der Waals surface area contributed by atoms with Crippen LogP contribution < -0.4 is 5.73 Å². The Morgan fingerprint density at radius 1 is 1.43 bits per heavy atom. The molecule has 0 spiro atoms. The summed E-state index contributed by atoms with van der Waals surface area (Å²) in [7, 11) is 0. The third-order valence-electron chi connectivity index (χ3n) is 3.26. The van der Waals surface area contributed by atoms with Crippen molar-refractivity contribution in [1.29, 1.82) is 0 Å². The summed E-state index contributed by atoms with van der Waals surface area (Å²) in [5.41, 5.74) is 6.44. The van der Waals surface area contributed by atoms with Crippen molar-refractivity contribution in [2.24, 2.45) is 0 Å². The number of imidazole rings is 1. The summed E-state index contributed by atoms with van der Waals surface area (Å²) < 4.78 is 7.11. The van der Waals surface area contributed by atoms with Crippen LogP contribution >= 0.6 is 12.2 Å². The topological polar surface area (TPSA) is 174 Å². The Hall–Kier alpha value is -1.63. The van der Waals surface area contributed by atoms with Gasteiger partial charge < -0.3 is 36.3 Å². The quantitative estimate of drug-likeness (QED) is 0.390. The molecule has 8 N–H and O–H groups in total. The van der Waals surface area contributed by atoms with E-state index in [1.165, 1.54) is 10.9 Å². The molecule has 1 fully saturated rings. The minimum atomic E-state index is -1.21. The van der Waals surface area contributed by atoms with Gasteiger partial charge in [0.2, 0.25) is 0 Å². The van der Waals surface area contributed by atoms with Gasteiger partial charge in [0, 0.05) is 0 Å². The summed E-state index contributed by atoms with van der Waals surface area (Å²) >= 11 is 5.05. The number of aliphatic hydroxyl groups excluding tert-OH is 3. The van der Waals surface area contributed by atoms with Crippen LogP contribution in [0.25, 0.3) is 11.2 Å². The van der Waals surface area contributed by atoms with Gasteiger partial charge in [-0.05, 0) is 0 Å². The van der Waals surface area contributed by atoms with Crippen LogP contribution in [0.15, 0.2) is 6.33 Å². The first-order valence-corrected chi connectivity index (χ1v) is 6.28. The fourth-order valence-electron chi connectivity index (χ4n) is 2.26. The summed E-state index contributed by atoms with van der Waals surface area (Å²) in [6.45, 7) is -0.402. The molecule has 0 amide bonds. The van der Waals surface area contributed by atoms with Crippen LogP contribution in [-0.2, 0) is 4.74 Å². The second-order valence-electron chi connectivity index (χ2n) is 4.51. The average Bonchev–Trinajstić information content (AvgIpc) is 2.93. The van der Waals surface area contributed by atoms with E-state index in [0.29, 0.717) is 11.2 Å². The predicted octanol–water partition coefficient (Wildman–Crippen LogP) is -2.14. The van der Waals surface area contributed by atoms with E-state index in [1.807, 2.05) is 0 Å². The molecule has 1 aliphatic rings. The Bertz CT molecular complexity index is 703. The predicted molar refractivity (Wildman–Crippen MR) is 73.7 cm³/mol. The fourth-order valence-corrected chi connectivity index (χ4v) is 2.50. The van der Waals surface area contributed by atoms with E-state index in [9.17, 15) is 10.2 Å². The van der Waals surface area contributed by atoms with Gasteiger partial charge in [-0.3, -0.25) is 4.57 Å². The lowest BCUT2D eigenvalue weighted by Gasteiger charge is -2.16.